The van der Waals surface area contributed by atoms with Crippen molar-refractivity contribution in [2.45, 2.75) is 46.0 Å². The predicted octanol–water partition coefficient (Wildman–Crippen LogP) is 2.91. The zero-order valence-corrected chi connectivity index (χ0v) is 8.68. The summed E-state index contributed by atoms with van der Waals surface area (Å²) < 4.78 is 0. The van der Waals surface area contributed by atoms with Crippen molar-refractivity contribution in [2.75, 3.05) is 19.6 Å². The van der Waals surface area contributed by atoms with Gasteiger partial charge < -0.3 is 4.90 Å². The average molecular weight is 169 g/mol. The van der Waals surface area contributed by atoms with Crippen LogP contribution in [-0.2, 0) is 0 Å². The molecule has 0 aliphatic carbocycles. The fourth-order valence-corrected chi connectivity index (χ4v) is 2.05. The molecule has 1 aliphatic heterocycles. The van der Waals surface area contributed by atoms with Gasteiger partial charge in [-0.05, 0) is 38.3 Å². The van der Waals surface area contributed by atoms with E-state index in [1.165, 1.54) is 51.7 Å². The van der Waals surface area contributed by atoms with Gasteiger partial charge in [-0.25, -0.2) is 0 Å². The molecule has 0 spiro atoms. The Kier molecular flexibility index (Phi) is 4.67. The maximum Gasteiger partial charge on any atom is 0.000702 e. The molecule has 0 amide bonds. The quantitative estimate of drug-likeness (QED) is 0.611. The molecule has 1 atom stereocenters. The van der Waals surface area contributed by atoms with E-state index in [1.807, 2.05) is 0 Å². The van der Waals surface area contributed by atoms with E-state index in [0.717, 1.165) is 5.92 Å². The number of likely N-dealkylation sites (tertiary alicyclic amines) is 1. The van der Waals surface area contributed by atoms with E-state index in [0.29, 0.717) is 0 Å². The molecule has 1 fully saturated rings. The molecule has 1 saturated heterocycles. The molecule has 1 nitrogen and oxygen atoms in total. The fraction of sp³-hybridized carbons (Fsp3) is 1.00. The van der Waals surface area contributed by atoms with Crippen LogP contribution in [0.1, 0.15) is 46.0 Å². The van der Waals surface area contributed by atoms with Gasteiger partial charge in [0.15, 0.2) is 0 Å². The van der Waals surface area contributed by atoms with Crippen molar-refractivity contribution < 1.29 is 0 Å². The zero-order valence-electron chi connectivity index (χ0n) is 8.68. The molecule has 1 aliphatic rings. The standard InChI is InChI=1S/C11H23N/c1-3-4-7-11(2)10-12-8-5-6-9-12/h11H,3-10H2,1-2H3/t11-/m0/s1. The van der Waals surface area contributed by atoms with Crippen molar-refractivity contribution in [1.29, 1.82) is 0 Å². The van der Waals surface area contributed by atoms with Crippen LogP contribution >= 0.6 is 0 Å². The lowest BCUT2D eigenvalue weighted by molar-refractivity contribution is 0.277. The highest BCUT2D eigenvalue weighted by molar-refractivity contribution is 4.68. The van der Waals surface area contributed by atoms with Crippen molar-refractivity contribution in [3.63, 3.8) is 0 Å². The van der Waals surface area contributed by atoms with Gasteiger partial charge in [0.1, 0.15) is 0 Å². The Bertz CT molecular complexity index is 106. The molecule has 0 aromatic rings. The molecule has 0 unspecified atom stereocenters. The first-order valence-corrected chi connectivity index (χ1v) is 5.55. The van der Waals surface area contributed by atoms with E-state index in [2.05, 4.69) is 18.7 Å². The van der Waals surface area contributed by atoms with Crippen molar-refractivity contribution in [2.24, 2.45) is 5.92 Å². The molecule has 0 bridgehead atoms. The van der Waals surface area contributed by atoms with Gasteiger partial charge in [0.05, 0.1) is 0 Å². The smallest absolute Gasteiger partial charge is 0.000702 e. The minimum absolute atomic E-state index is 0.919. The zero-order chi connectivity index (χ0) is 8.81. The first-order valence-electron chi connectivity index (χ1n) is 5.55. The van der Waals surface area contributed by atoms with Crippen LogP contribution < -0.4 is 0 Å². The summed E-state index contributed by atoms with van der Waals surface area (Å²) in [5.41, 5.74) is 0. The average Bonchev–Trinajstić information content (AvgIpc) is 2.53. The second kappa shape index (κ2) is 5.58. The molecule has 0 N–H and O–H groups in total. The third-order valence-corrected chi connectivity index (χ3v) is 2.82. The number of hydrogen-bond acceptors (Lipinski definition) is 1. The van der Waals surface area contributed by atoms with Crippen LogP contribution in [0.4, 0.5) is 0 Å². The second-order valence-electron chi connectivity index (χ2n) is 4.26. The highest BCUT2D eigenvalue weighted by atomic mass is 15.1. The van der Waals surface area contributed by atoms with Gasteiger partial charge in [-0.1, -0.05) is 26.7 Å². The molecule has 1 heterocycles. The molecule has 1 rings (SSSR count). The van der Waals surface area contributed by atoms with Gasteiger partial charge >= 0.3 is 0 Å². The Labute approximate surface area is 77.1 Å². The van der Waals surface area contributed by atoms with Gasteiger partial charge in [0.2, 0.25) is 0 Å². The highest BCUT2D eigenvalue weighted by Crippen LogP contribution is 2.13. The lowest BCUT2D eigenvalue weighted by atomic mass is 10.0. The SMILES string of the molecule is CCCC[C@H](C)CN1CCCC1. The van der Waals surface area contributed by atoms with Gasteiger partial charge in [-0.15, -0.1) is 0 Å². The molecule has 0 saturated carbocycles. The van der Waals surface area contributed by atoms with Crippen molar-refractivity contribution in [3.8, 4) is 0 Å². The molecule has 72 valence electrons. The van der Waals surface area contributed by atoms with Crippen molar-refractivity contribution in [1.82, 2.24) is 4.90 Å². The summed E-state index contributed by atoms with van der Waals surface area (Å²) in [5, 5.41) is 0. The summed E-state index contributed by atoms with van der Waals surface area (Å²) in [6.07, 6.45) is 7.05. The van der Waals surface area contributed by atoms with Gasteiger partial charge in [-0.2, -0.15) is 0 Å². The van der Waals surface area contributed by atoms with Crippen LogP contribution in [0.5, 0.6) is 0 Å². The molecular formula is C11H23N. The summed E-state index contributed by atoms with van der Waals surface area (Å²) in [7, 11) is 0. The predicted molar refractivity (Wildman–Crippen MR) is 54.4 cm³/mol. The Morgan fingerprint density at radius 3 is 2.50 bits per heavy atom. The van der Waals surface area contributed by atoms with E-state index < -0.39 is 0 Å². The van der Waals surface area contributed by atoms with Crippen LogP contribution in [0.2, 0.25) is 0 Å². The van der Waals surface area contributed by atoms with Gasteiger partial charge in [0.25, 0.3) is 0 Å². The van der Waals surface area contributed by atoms with Gasteiger partial charge in [0, 0.05) is 6.54 Å². The minimum Gasteiger partial charge on any atom is -0.303 e. The van der Waals surface area contributed by atoms with Crippen molar-refractivity contribution in [3.05, 3.63) is 0 Å². The Morgan fingerprint density at radius 2 is 1.92 bits per heavy atom. The van der Waals surface area contributed by atoms with Crippen molar-refractivity contribution >= 4 is 0 Å². The molecule has 12 heavy (non-hydrogen) atoms. The summed E-state index contributed by atoms with van der Waals surface area (Å²) >= 11 is 0. The number of hydrogen-bond donors (Lipinski definition) is 0. The second-order valence-corrected chi connectivity index (χ2v) is 4.26. The molecule has 1 heteroatoms. The van der Waals surface area contributed by atoms with Gasteiger partial charge in [-0.3, -0.25) is 0 Å². The Morgan fingerprint density at radius 1 is 1.25 bits per heavy atom. The summed E-state index contributed by atoms with van der Waals surface area (Å²) in [4.78, 5) is 2.63. The molecular weight excluding hydrogens is 146 g/mol. The highest BCUT2D eigenvalue weighted by Gasteiger charge is 2.13. The maximum absolute atomic E-state index is 2.63. The van der Waals surface area contributed by atoms with Crippen LogP contribution in [-0.4, -0.2) is 24.5 Å². The summed E-state index contributed by atoms with van der Waals surface area (Å²) in [6.45, 7) is 8.74. The molecule has 0 aromatic heterocycles. The van der Waals surface area contributed by atoms with E-state index in [9.17, 15) is 0 Å². The largest absolute Gasteiger partial charge is 0.303 e. The van der Waals surface area contributed by atoms with Crippen LogP contribution in [0, 0.1) is 5.92 Å². The first kappa shape index (κ1) is 10.0. The number of rotatable bonds is 5. The lowest BCUT2D eigenvalue weighted by Gasteiger charge is -2.19. The third-order valence-electron chi connectivity index (χ3n) is 2.82. The monoisotopic (exact) mass is 169 g/mol. The normalized spacial score (nSPS) is 21.5. The maximum atomic E-state index is 2.63. The minimum atomic E-state index is 0.919. The topological polar surface area (TPSA) is 3.24 Å². The fourth-order valence-electron chi connectivity index (χ4n) is 2.05. The van der Waals surface area contributed by atoms with E-state index in [1.54, 1.807) is 0 Å². The number of nitrogens with zero attached hydrogens (tertiary/aromatic N) is 1. The van der Waals surface area contributed by atoms with E-state index in [-0.39, 0.29) is 0 Å². The first-order chi connectivity index (χ1) is 5.83. The van der Waals surface area contributed by atoms with E-state index in [4.69, 9.17) is 0 Å². The summed E-state index contributed by atoms with van der Waals surface area (Å²) in [6, 6.07) is 0. The Balaban J connectivity index is 2.03. The van der Waals surface area contributed by atoms with Crippen LogP contribution in [0.3, 0.4) is 0 Å². The lowest BCUT2D eigenvalue weighted by Crippen LogP contribution is -2.25. The Hall–Kier alpha value is -0.0400. The van der Waals surface area contributed by atoms with Crippen LogP contribution in [0.15, 0.2) is 0 Å². The molecule has 0 radical (unpaired) electrons. The summed E-state index contributed by atoms with van der Waals surface area (Å²) in [5.74, 6) is 0.919. The van der Waals surface area contributed by atoms with Crippen LogP contribution in [0.25, 0.3) is 0 Å². The third kappa shape index (κ3) is 3.57. The number of unbranched alkanes of at least 4 members (excludes halogenated alkanes) is 1. The molecule has 0 aromatic carbocycles. The van der Waals surface area contributed by atoms with E-state index >= 15 is 0 Å².